The first-order valence-corrected chi connectivity index (χ1v) is 9.92. The van der Waals surface area contributed by atoms with Gasteiger partial charge in [0.1, 0.15) is 5.69 Å². The lowest BCUT2D eigenvalue weighted by atomic mass is 10.1. The van der Waals surface area contributed by atoms with Crippen LogP contribution in [0, 0.1) is 24.7 Å². The highest BCUT2D eigenvalue weighted by Gasteiger charge is 2.17. The number of hydrogen-bond acceptors (Lipinski definition) is 7. The maximum absolute atomic E-state index is 12.0. The Kier molecular flexibility index (Phi) is 6.41. The van der Waals surface area contributed by atoms with Crippen molar-refractivity contribution in [3.8, 4) is 11.3 Å². The van der Waals surface area contributed by atoms with Gasteiger partial charge in [-0.3, -0.25) is 20.6 Å². The zero-order valence-corrected chi connectivity index (χ0v) is 18.1. The number of aryl methyl sites for hydroxylation is 2. The Morgan fingerprint density at radius 3 is 2.55 bits per heavy atom. The smallest absolute Gasteiger partial charge is 0.250 e. The van der Waals surface area contributed by atoms with E-state index in [2.05, 4.69) is 9.97 Å². The lowest BCUT2D eigenvalue weighted by Gasteiger charge is -2.14. The fourth-order valence-corrected chi connectivity index (χ4v) is 3.18. The number of ether oxygens (including phenoxy) is 1. The second-order valence-corrected chi connectivity index (χ2v) is 7.56. The second-order valence-electron chi connectivity index (χ2n) is 7.56. The van der Waals surface area contributed by atoms with Crippen LogP contribution in [-0.4, -0.2) is 26.3 Å². The molecular formula is C23H26N6O2. The average Bonchev–Trinajstić information content (AvgIpc) is 2.73. The number of aromatic nitrogens is 3. The average molecular weight is 419 g/mol. The van der Waals surface area contributed by atoms with E-state index < -0.39 is 0 Å². The summed E-state index contributed by atoms with van der Waals surface area (Å²) in [5, 5.41) is 16.6. The lowest BCUT2D eigenvalue weighted by molar-refractivity contribution is 0.534. The van der Waals surface area contributed by atoms with Crippen LogP contribution in [0.2, 0.25) is 0 Å². The third-order valence-electron chi connectivity index (χ3n) is 4.94. The van der Waals surface area contributed by atoms with Gasteiger partial charge in [0.2, 0.25) is 11.8 Å². The molecule has 8 heteroatoms. The molecule has 0 atom stereocenters. The molecule has 8 nitrogen and oxygen atoms in total. The highest BCUT2D eigenvalue weighted by atomic mass is 16.5. The van der Waals surface area contributed by atoms with Crippen molar-refractivity contribution in [2.45, 2.75) is 40.3 Å². The summed E-state index contributed by atoms with van der Waals surface area (Å²) in [5.41, 5.74) is 9.90. The lowest BCUT2D eigenvalue weighted by Crippen LogP contribution is -2.20. The van der Waals surface area contributed by atoms with E-state index in [1.54, 1.807) is 36.0 Å². The highest BCUT2D eigenvalue weighted by molar-refractivity contribution is 6.05. The molecule has 1 aromatic carbocycles. The standard InChI is InChI=1S/C23H26N6O2/c1-13(2)29-12-17(6-8-20(29)30)19-11-27-15(4)21(28-19)23(26)31-22(25)18-7-5-16(10-24)9-14(18)3/h5-9,11-13,25-26H,10,24H2,1-4H3. The fourth-order valence-electron chi connectivity index (χ4n) is 3.18. The van der Waals surface area contributed by atoms with Crippen molar-refractivity contribution < 1.29 is 4.74 Å². The van der Waals surface area contributed by atoms with Crippen LogP contribution in [0.25, 0.3) is 11.3 Å². The minimum atomic E-state index is -0.267. The summed E-state index contributed by atoms with van der Waals surface area (Å²) in [6.45, 7) is 7.86. The predicted molar refractivity (Wildman–Crippen MR) is 121 cm³/mol. The molecule has 31 heavy (non-hydrogen) atoms. The molecule has 2 heterocycles. The number of rotatable bonds is 5. The summed E-state index contributed by atoms with van der Waals surface area (Å²) in [4.78, 5) is 20.9. The monoisotopic (exact) mass is 418 g/mol. The van der Waals surface area contributed by atoms with E-state index in [0.29, 0.717) is 29.1 Å². The molecule has 160 valence electrons. The van der Waals surface area contributed by atoms with E-state index in [4.69, 9.17) is 21.3 Å². The van der Waals surface area contributed by atoms with Gasteiger partial charge in [-0.15, -0.1) is 0 Å². The van der Waals surface area contributed by atoms with Crippen LogP contribution in [0.15, 0.2) is 47.5 Å². The molecule has 0 fully saturated rings. The molecule has 0 saturated carbocycles. The van der Waals surface area contributed by atoms with Crippen LogP contribution in [0.3, 0.4) is 0 Å². The summed E-state index contributed by atoms with van der Waals surface area (Å²) >= 11 is 0. The predicted octanol–water partition coefficient (Wildman–Crippen LogP) is 3.33. The largest absolute Gasteiger partial charge is 0.419 e. The first kappa shape index (κ1) is 22.0. The molecule has 3 aromatic rings. The van der Waals surface area contributed by atoms with E-state index in [1.165, 1.54) is 6.07 Å². The van der Waals surface area contributed by atoms with Crippen molar-refractivity contribution in [2.75, 3.05) is 0 Å². The van der Waals surface area contributed by atoms with Gasteiger partial charge < -0.3 is 15.0 Å². The summed E-state index contributed by atoms with van der Waals surface area (Å²) in [6.07, 6.45) is 3.32. The van der Waals surface area contributed by atoms with Gasteiger partial charge in [0.25, 0.3) is 5.56 Å². The molecule has 3 rings (SSSR count). The van der Waals surface area contributed by atoms with Crippen LogP contribution < -0.4 is 11.3 Å². The summed E-state index contributed by atoms with van der Waals surface area (Å²) in [5.74, 6) is -0.414. The quantitative estimate of drug-likeness (QED) is 0.432. The van der Waals surface area contributed by atoms with Crippen LogP contribution in [-0.2, 0) is 11.3 Å². The summed E-state index contributed by atoms with van der Waals surface area (Å²) in [7, 11) is 0. The molecule has 0 saturated heterocycles. The van der Waals surface area contributed by atoms with E-state index in [9.17, 15) is 4.79 Å². The first-order chi connectivity index (χ1) is 14.7. The van der Waals surface area contributed by atoms with Crippen molar-refractivity contribution in [1.29, 1.82) is 10.8 Å². The van der Waals surface area contributed by atoms with Gasteiger partial charge in [-0.05, 0) is 51.0 Å². The van der Waals surface area contributed by atoms with Gasteiger partial charge in [-0.2, -0.15) is 0 Å². The van der Waals surface area contributed by atoms with Crippen molar-refractivity contribution in [3.05, 3.63) is 81.2 Å². The van der Waals surface area contributed by atoms with Crippen LogP contribution in [0.4, 0.5) is 0 Å². The molecule has 0 spiro atoms. The number of nitrogens with zero attached hydrogens (tertiary/aromatic N) is 3. The molecule has 2 aromatic heterocycles. The maximum atomic E-state index is 12.0. The zero-order chi connectivity index (χ0) is 22.7. The van der Waals surface area contributed by atoms with Gasteiger partial charge >= 0.3 is 0 Å². The van der Waals surface area contributed by atoms with Crippen molar-refractivity contribution in [2.24, 2.45) is 5.73 Å². The van der Waals surface area contributed by atoms with E-state index >= 15 is 0 Å². The maximum Gasteiger partial charge on any atom is 0.250 e. The number of hydrogen-bond donors (Lipinski definition) is 3. The van der Waals surface area contributed by atoms with E-state index in [-0.39, 0.29) is 29.1 Å². The Morgan fingerprint density at radius 2 is 1.90 bits per heavy atom. The topological polar surface area (TPSA) is 131 Å². The van der Waals surface area contributed by atoms with Crippen LogP contribution in [0.5, 0.6) is 0 Å². The number of nitrogens with two attached hydrogens (primary N) is 1. The summed E-state index contributed by atoms with van der Waals surface area (Å²) < 4.78 is 7.12. The van der Waals surface area contributed by atoms with Crippen molar-refractivity contribution in [1.82, 2.24) is 14.5 Å². The molecule has 0 unspecified atom stereocenters. The van der Waals surface area contributed by atoms with Gasteiger partial charge in [-0.25, -0.2) is 4.98 Å². The Morgan fingerprint density at radius 1 is 1.16 bits per heavy atom. The van der Waals surface area contributed by atoms with E-state index in [0.717, 1.165) is 11.1 Å². The Hall–Kier alpha value is -3.65. The molecular weight excluding hydrogens is 392 g/mol. The molecule has 0 amide bonds. The zero-order valence-electron chi connectivity index (χ0n) is 18.1. The number of pyridine rings is 1. The van der Waals surface area contributed by atoms with Crippen LogP contribution >= 0.6 is 0 Å². The number of nitrogens with one attached hydrogen (secondary N) is 2. The van der Waals surface area contributed by atoms with Gasteiger partial charge in [0.15, 0.2) is 0 Å². The summed E-state index contributed by atoms with van der Waals surface area (Å²) in [6, 6.07) is 8.66. The van der Waals surface area contributed by atoms with E-state index in [1.807, 2.05) is 32.9 Å². The molecule has 0 aliphatic heterocycles. The second kappa shape index (κ2) is 9.01. The normalized spacial score (nSPS) is 10.9. The Bertz CT molecular complexity index is 1210. The molecule has 0 aliphatic carbocycles. The minimum Gasteiger partial charge on any atom is -0.419 e. The Labute approximate surface area is 180 Å². The fraction of sp³-hybridized carbons (Fsp3) is 0.261. The van der Waals surface area contributed by atoms with Crippen LogP contribution in [0.1, 0.15) is 48.0 Å². The third-order valence-corrected chi connectivity index (χ3v) is 4.94. The van der Waals surface area contributed by atoms with Crippen molar-refractivity contribution >= 4 is 11.8 Å². The SMILES string of the molecule is Cc1cc(CN)ccc1C(=N)OC(=N)c1nc(-c2ccc(=O)n(C(C)C)c2)cnc1C. The van der Waals surface area contributed by atoms with Crippen molar-refractivity contribution in [3.63, 3.8) is 0 Å². The van der Waals surface area contributed by atoms with Gasteiger partial charge in [0.05, 0.1) is 17.6 Å². The van der Waals surface area contributed by atoms with Gasteiger partial charge in [-0.1, -0.05) is 12.1 Å². The van der Waals surface area contributed by atoms with Gasteiger partial charge in [0, 0.05) is 36.0 Å². The molecule has 0 radical (unpaired) electrons. The molecule has 4 N–H and O–H groups in total. The minimum absolute atomic E-state index is 0.00123. The molecule has 0 aliphatic rings. The first-order valence-electron chi connectivity index (χ1n) is 9.92. The Balaban J connectivity index is 1.90. The third kappa shape index (κ3) is 4.75. The molecule has 0 bridgehead atoms. The highest BCUT2D eigenvalue weighted by Crippen LogP contribution is 2.19. The number of benzene rings is 1.